The van der Waals surface area contributed by atoms with Crippen molar-refractivity contribution in [3.63, 3.8) is 0 Å². The lowest BCUT2D eigenvalue weighted by molar-refractivity contribution is 0.268. The van der Waals surface area contributed by atoms with Gasteiger partial charge in [-0.3, -0.25) is 9.88 Å². The summed E-state index contributed by atoms with van der Waals surface area (Å²) in [5.74, 6) is 0. The van der Waals surface area contributed by atoms with Crippen LogP contribution in [0.5, 0.6) is 0 Å². The monoisotopic (exact) mass is 303 g/mol. The van der Waals surface area contributed by atoms with Gasteiger partial charge in [0.1, 0.15) is 6.07 Å². The Morgan fingerprint density at radius 2 is 2.04 bits per heavy atom. The second kappa shape index (κ2) is 6.76. The zero-order valence-electron chi connectivity index (χ0n) is 13.7. The van der Waals surface area contributed by atoms with Crippen molar-refractivity contribution >= 4 is 12.2 Å². The van der Waals surface area contributed by atoms with Crippen molar-refractivity contribution < 1.29 is 0 Å². The minimum atomic E-state index is 0.485. The van der Waals surface area contributed by atoms with Crippen molar-refractivity contribution in [2.45, 2.75) is 26.3 Å². The third-order valence-corrected chi connectivity index (χ3v) is 4.57. The molecule has 0 amide bonds. The van der Waals surface area contributed by atoms with E-state index in [9.17, 15) is 5.26 Å². The number of rotatable bonds is 4. The maximum Gasteiger partial charge on any atom is 0.101 e. The van der Waals surface area contributed by atoms with Crippen LogP contribution in [0.4, 0.5) is 0 Å². The number of benzene rings is 1. The van der Waals surface area contributed by atoms with E-state index in [2.05, 4.69) is 60.2 Å². The molecule has 1 atom stereocenters. The van der Waals surface area contributed by atoms with Gasteiger partial charge in [-0.25, -0.2) is 0 Å². The van der Waals surface area contributed by atoms with Crippen molar-refractivity contribution in [2.75, 3.05) is 13.1 Å². The van der Waals surface area contributed by atoms with E-state index < -0.39 is 0 Å². The number of aromatic nitrogens is 1. The summed E-state index contributed by atoms with van der Waals surface area (Å²) < 4.78 is 0. The van der Waals surface area contributed by atoms with Crippen LogP contribution < -0.4 is 10.4 Å². The van der Waals surface area contributed by atoms with Gasteiger partial charge in [0, 0.05) is 24.0 Å². The van der Waals surface area contributed by atoms with Gasteiger partial charge < -0.3 is 0 Å². The molecule has 0 spiro atoms. The van der Waals surface area contributed by atoms with E-state index in [-0.39, 0.29) is 0 Å². The Balaban J connectivity index is 2.03. The molecule has 1 aliphatic rings. The number of hydrogen-bond donors (Lipinski definition) is 0. The molecule has 0 N–H and O–H groups in total. The second-order valence-electron chi connectivity index (χ2n) is 5.77. The Labute approximate surface area is 137 Å². The molecule has 1 unspecified atom stereocenters. The van der Waals surface area contributed by atoms with E-state index in [0.717, 1.165) is 30.6 Å². The molecule has 1 aromatic heterocycles. The summed E-state index contributed by atoms with van der Waals surface area (Å²) in [5, 5.41) is 11.8. The summed E-state index contributed by atoms with van der Waals surface area (Å²) in [5.41, 5.74) is 2.64. The van der Waals surface area contributed by atoms with Gasteiger partial charge in [0.05, 0.1) is 5.56 Å². The average Bonchev–Trinajstić information content (AvgIpc) is 2.62. The standard InChI is InChI=1S/C20H21N3/c1-3-23(4-2)19-8-7-15-11-17(6-5-16(15)12-19)20-9-10-22-14-18(20)13-21/h5-7,9-12,14,19H,3-4,8H2,1-2H3. The molecular formula is C20H21N3. The predicted octanol–water partition coefficient (Wildman–Crippen LogP) is 2.30. The third kappa shape index (κ3) is 3.04. The molecule has 0 radical (unpaired) electrons. The van der Waals surface area contributed by atoms with E-state index in [0.29, 0.717) is 11.6 Å². The summed E-state index contributed by atoms with van der Waals surface area (Å²) in [7, 11) is 0. The summed E-state index contributed by atoms with van der Waals surface area (Å²) in [6.07, 6.45) is 9.08. The molecular weight excluding hydrogens is 282 g/mol. The normalized spacial score (nSPS) is 16.2. The van der Waals surface area contributed by atoms with Gasteiger partial charge in [0.25, 0.3) is 0 Å². The highest BCUT2D eigenvalue weighted by Gasteiger charge is 2.14. The molecule has 3 nitrogen and oxygen atoms in total. The molecule has 0 saturated heterocycles. The maximum atomic E-state index is 9.26. The highest BCUT2D eigenvalue weighted by atomic mass is 15.1. The van der Waals surface area contributed by atoms with Crippen LogP contribution in [0.25, 0.3) is 23.3 Å². The number of pyridine rings is 1. The molecule has 2 aromatic rings. The van der Waals surface area contributed by atoms with Crippen molar-refractivity contribution in [1.29, 1.82) is 5.26 Å². The summed E-state index contributed by atoms with van der Waals surface area (Å²) in [6.45, 7) is 6.56. The van der Waals surface area contributed by atoms with Crippen LogP contribution in [0.2, 0.25) is 0 Å². The molecule has 1 aromatic carbocycles. The van der Waals surface area contributed by atoms with Gasteiger partial charge in [-0.15, -0.1) is 0 Å². The molecule has 0 bridgehead atoms. The lowest BCUT2D eigenvalue weighted by atomic mass is 9.97. The van der Waals surface area contributed by atoms with Crippen LogP contribution in [0, 0.1) is 11.3 Å². The first kappa shape index (κ1) is 15.5. The zero-order valence-corrected chi connectivity index (χ0v) is 13.7. The minimum absolute atomic E-state index is 0.485. The zero-order chi connectivity index (χ0) is 16.2. The molecule has 3 heteroatoms. The number of fused-ring (bicyclic) bond motifs is 1. The van der Waals surface area contributed by atoms with Crippen molar-refractivity contribution in [1.82, 2.24) is 9.88 Å². The van der Waals surface area contributed by atoms with Crippen molar-refractivity contribution in [3.05, 3.63) is 52.7 Å². The van der Waals surface area contributed by atoms with Gasteiger partial charge in [-0.1, -0.05) is 38.1 Å². The van der Waals surface area contributed by atoms with Gasteiger partial charge in [-0.05, 0) is 47.6 Å². The van der Waals surface area contributed by atoms with E-state index in [1.165, 1.54) is 10.4 Å². The molecule has 1 aliphatic carbocycles. The highest BCUT2D eigenvalue weighted by Crippen LogP contribution is 2.20. The second-order valence-corrected chi connectivity index (χ2v) is 5.77. The minimum Gasteiger partial charge on any atom is -0.297 e. The molecule has 3 rings (SSSR count). The Kier molecular flexibility index (Phi) is 4.55. The largest absolute Gasteiger partial charge is 0.297 e. The maximum absolute atomic E-state index is 9.26. The Hall–Kier alpha value is -2.44. The molecule has 0 saturated carbocycles. The van der Waals surface area contributed by atoms with Crippen LogP contribution in [0.3, 0.4) is 0 Å². The molecule has 0 fully saturated rings. The Bertz CT molecular complexity index is 857. The van der Waals surface area contributed by atoms with E-state index in [1.807, 2.05) is 6.07 Å². The first-order chi connectivity index (χ1) is 11.3. The Morgan fingerprint density at radius 3 is 2.78 bits per heavy atom. The summed E-state index contributed by atoms with van der Waals surface area (Å²) >= 11 is 0. The van der Waals surface area contributed by atoms with Crippen molar-refractivity contribution in [2.24, 2.45) is 0 Å². The predicted molar refractivity (Wildman–Crippen MR) is 93.9 cm³/mol. The first-order valence-electron chi connectivity index (χ1n) is 8.17. The fourth-order valence-corrected chi connectivity index (χ4v) is 3.28. The van der Waals surface area contributed by atoms with Crippen molar-refractivity contribution in [3.8, 4) is 17.2 Å². The molecule has 23 heavy (non-hydrogen) atoms. The van der Waals surface area contributed by atoms with Gasteiger partial charge >= 0.3 is 0 Å². The number of nitriles is 1. The van der Waals surface area contributed by atoms with E-state index in [1.54, 1.807) is 12.4 Å². The number of nitrogens with zero attached hydrogens (tertiary/aromatic N) is 3. The fraction of sp³-hybridized carbons (Fsp3) is 0.300. The molecule has 0 aliphatic heterocycles. The SMILES string of the molecule is CCN(CC)C1C=c2ccc(-c3ccncc3C#N)cc2=CC1. The van der Waals surface area contributed by atoms with Crippen LogP contribution in [-0.2, 0) is 0 Å². The lowest BCUT2D eigenvalue weighted by Crippen LogP contribution is -2.39. The van der Waals surface area contributed by atoms with Crippen LogP contribution >= 0.6 is 0 Å². The molecule has 116 valence electrons. The fourth-order valence-electron chi connectivity index (χ4n) is 3.28. The van der Waals surface area contributed by atoms with Crippen LogP contribution in [0.1, 0.15) is 25.8 Å². The topological polar surface area (TPSA) is 39.9 Å². The summed E-state index contributed by atoms with van der Waals surface area (Å²) in [6, 6.07) is 11.1. The number of hydrogen-bond acceptors (Lipinski definition) is 3. The first-order valence-corrected chi connectivity index (χ1v) is 8.17. The van der Waals surface area contributed by atoms with Crippen LogP contribution in [0.15, 0.2) is 36.7 Å². The van der Waals surface area contributed by atoms with Crippen LogP contribution in [-0.4, -0.2) is 29.0 Å². The smallest absolute Gasteiger partial charge is 0.101 e. The molecule has 1 heterocycles. The quantitative estimate of drug-likeness (QED) is 0.870. The average molecular weight is 303 g/mol. The lowest BCUT2D eigenvalue weighted by Gasteiger charge is -2.27. The van der Waals surface area contributed by atoms with E-state index in [4.69, 9.17) is 0 Å². The van der Waals surface area contributed by atoms with Gasteiger partial charge in [0.15, 0.2) is 0 Å². The highest BCUT2D eigenvalue weighted by molar-refractivity contribution is 5.70. The van der Waals surface area contributed by atoms with Gasteiger partial charge in [0.2, 0.25) is 0 Å². The van der Waals surface area contributed by atoms with Gasteiger partial charge in [-0.2, -0.15) is 5.26 Å². The summed E-state index contributed by atoms with van der Waals surface area (Å²) in [4.78, 5) is 6.51. The third-order valence-electron chi connectivity index (χ3n) is 4.57. The van der Waals surface area contributed by atoms with E-state index >= 15 is 0 Å². The Morgan fingerprint density at radius 1 is 1.22 bits per heavy atom.